The maximum atomic E-state index is 13.6. The zero-order valence-corrected chi connectivity index (χ0v) is 16.8. The number of aromatic nitrogens is 2. The number of carbonyl (C=O) groups excluding carboxylic acids is 2. The van der Waals surface area contributed by atoms with Crippen LogP contribution in [-0.2, 0) is 6.54 Å². The Morgan fingerprint density at radius 2 is 1.86 bits per heavy atom. The predicted molar refractivity (Wildman–Crippen MR) is 105 cm³/mol. The van der Waals surface area contributed by atoms with E-state index >= 15 is 0 Å². The van der Waals surface area contributed by atoms with Crippen LogP contribution in [0, 0.1) is 12.7 Å². The summed E-state index contributed by atoms with van der Waals surface area (Å²) in [6, 6.07) is 7.38. The maximum Gasteiger partial charge on any atom is 0.274 e. The van der Waals surface area contributed by atoms with E-state index in [-0.39, 0.29) is 29.7 Å². The molecule has 1 aromatic carbocycles. The van der Waals surface area contributed by atoms with Gasteiger partial charge in [-0.3, -0.25) is 14.3 Å². The highest BCUT2D eigenvalue weighted by molar-refractivity contribution is 5.98. The minimum absolute atomic E-state index is 0.0661. The second kappa shape index (κ2) is 6.68. The van der Waals surface area contributed by atoms with Gasteiger partial charge in [-0.05, 0) is 55.7 Å². The number of nitrogens with zero attached hydrogens (tertiary/aromatic N) is 4. The first-order chi connectivity index (χ1) is 13.9. The third-order valence-electron chi connectivity index (χ3n) is 6.83. The first-order valence-electron chi connectivity index (χ1n) is 10.3. The molecule has 6 nitrogen and oxygen atoms in total. The molecule has 2 fully saturated rings. The van der Waals surface area contributed by atoms with Crippen LogP contribution in [0.4, 0.5) is 4.39 Å². The highest BCUT2D eigenvalue weighted by Crippen LogP contribution is 2.43. The number of hydrogen-bond donors (Lipinski definition) is 0. The Kier molecular flexibility index (Phi) is 4.22. The summed E-state index contributed by atoms with van der Waals surface area (Å²) in [6.07, 6.45) is 3.76. The van der Waals surface area contributed by atoms with Crippen LogP contribution in [0.15, 0.2) is 24.3 Å². The molecule has 2 saturated heterocycles. The lowest BCUT2D eigenvalue weighted by atomic mass is 9.84. The lowest BCUT2D eigenvalue weighted by Gasteiger charge is -2.39. The lowest BCUT2D eigenvalue weighted by Crippen LogP contribution is -2.46. The minimum Gasteiger partial charge on any atom is -0.339 e. The normalized spacial score (nSPS) is 26.0. The molecular weight excluding hydrogens is 371 g/mol. The number of aryl methyl sites for hydroxylation is 1. The van der Waals surface area contributed by atoms with Crippen molar-refractivity contribution in [2.24, 2.45) is 0 Å². The van der Waals surface area contributed by atoms with Crippen molar-refractivity contribution >= 4 is 11.8 Å². The largest absolute Gasteiger partial charge is 0.339 e. The molecule has 1 aromatic heterocycles. The number of fused-ring (bicyclic) bond motifs is 3. The van der Waals surface area contributed by atoms with Crippen molar-refractivity contribution in [3.05, 3.63) is 52.6 Å². The Hall–Kier alpha value is -2.70. The van der Waals surface area contributed by atoms with Gasteiger partial charge in [-0.1, -0.05) is 12.1 Å². The van der Waals surface area contributed by atoms with Gasteiger partial charge in [0.05, 0.1) is 6.54 Å². The fourth-order valence-corrected chi connectivity index (χ4v) is 5.24. The number of hydrogen-bond acceptors (Lipinski definition) is 3. The Morgan fingerprint density at radius 3 is 2.55 bits per heavy atom. The summed E-state index contributed by atoms with van der Waals surface area (Å²) in [4.78, 5) is 29.3. The van der Waals surface area contributed by atoms with E-state index in [0.717, 1.165) is 25.7 Å². The molecule has 0 radical (unpaired) electrons. The van der Waals surface area contributed by atoms with Crippen LogP contribution < -0.4 is 0 Å². The fraction of sp³-hybridized carbons (Fsp3) is 0.500. The van der Waals surface area contributed by atoms with Crippen LogP contribution in [-0.4, -0.2) is 57.1 Å². The van der Waals surface area contributed by atoms with Gasteiger partial charge in [0.15, 0.2) is 5.69 Å². The number of halogens is 1. The summed E-state index contributed by atoms with van der Waals surface area (Å²) < 4.78 is 15.3. The van der Waals surface area contributed by atoms with Gasteiger partial charge in [0, 0.05) is 31.7 Å². The molecule has 2 amide bonds. The molecule has 29 heavy (non-hydrogen) atoms. The van der Waals surface area contributed by atoms with Gasteiger partial charge in [-0.15, -0.1) is 0 Å². The zero-order chi connectivity index (χ0) is 20.3. The van der Waals surface area contributed by atoms with Gasteiger partial charge < -0.3 is 9.80 Å². The minimum atomic E-state index is -0.173. The van der Waals surface area contributed by atoms with Gasteiger partial charge in [0.1, 0.15) is 11.5 Å². The molecule has 4 heterocycles. The van der Waals surface area contributed by atoms with Gasteiger partial charge in [0.25, 0.3) is 11.8 Å². The molecule has 1 unspecified atom stereocenters. The number of benzene rings is 1. The van der Waals surface area contributed by atoms with E-state index in [0.29, 0.717) is 36.0 Å². The summed E-state index contributed by atoms with van der Waals surface area (Å²) >= 11 is 0. The quantitative estimate of drug-likeness (QED) is 0.784. The second-order valence-corrected chi connectivity index (χ2v) is 8.64. The van der Waals surface area contributed by atoms with Crippen molar-refractivity contribution < 1.29 is 14.0 Å². The SMILES string of the molecule is Cc1cc(C2C[C@H]3CC[C@@H](C2)N3C(=O)c2cc3n(n2)CCN(C)C3=O)ccc1F. The Bertz CT molecular complexity index is 987. The molecular formula is C22H25FN4O2. The molecule has 0 spiro atoms. The molecule has 152 valence electrons. The van der Waals surface area contributed by atoms with Crippen LogP contribution >= 0.6 is 0 Å². The number of likely N-dealkylation sites (N-methyl/N-ethyl adjacent to an activating group) is 1. The Labute approximate surface area is 169 Å². The Balaban J connectivity index is 1.37. The standard InChI is InChI=1S/C22H25FN4O2/c1-13-9-14(3-6-18(13)23)15-10-16-4-5-17(11-15)27(16)21(28)19-12-20-22(29)25(2)7-8-26(20)24-19/h3,6,9,12,15-17H,4-5,7-8,10-11H2,1-2H3/t15?,16-,17+. The van der Waals surface area contributed by atoms with Crippen LogP contribution in [0.5, 0.6) is 0 Å². The van der Waals surface area contributed by atoms with Crippen molar-refractivity contribution in [3.63, 3.8) is 0 Å². The van der Waals surface area contributed by atoms with Gasteiger partial charge in [-0.25, -0.2) is 4.39 Å². The maximum absolute atomic E-state index is 13.6. The van der Waals surface area contributed by atoms with Crippen molar-refractivity contribution in [3.8, 4) is 0 Å². The summed E-state index contributed by atoms with van der Waals surface area (Å²) in [5.41, 5.74) is 2.70. The third kappa shape index (κ3) is 2.94. The first kappa shape index (κ1) is 18.3. The lowest BCUT2D eigenvalue weighted by molar-refractivity contribution is 0.0563. The number of piperidine rings is 1. The van der Waals surface area contributed by atoms with E-state index in [1.165, 1.54) is 5.56 Å². The fourth-order valence-electron chi connectivity index (χ4n) is 5.24. The van der Waals surface area contributed by atoms with Crippen LogP contribution in [0.1, 0.15) is 63.7 Å². The average Bonchev–Trinajstić information content (AvgIpc) is 3.25. The van der Waals surface area contributed by atoms with Crippen molar-refractivity contribution in [2.45, 2.75) is 57.2 Å². The molecule has 0 N–H and O–H groups in total. The van der Waals surface area contributed by atoms with E-state index in [4.69, 9.17) is 0 Å². The van der Waals surface area contributed by atoms with Crippen molar-refractivity contribution in [1.82, 2.24) is 19.6 Å². The van der Waals surface area contributed by atoms with Gasteiger partial charge >= 0.3 is 0 Å². The molecule has 7 heteroatoms. The zero-order valence-electron chi connectivity index (χ0n) is 16.8. The highest BCUT2D eigenvalue weighted by atomic mass is 19.1. The average molecular weight is 396 g/mol. The summed E-state index contributed by atoms with van der Waals surface area (Å²) in [5, 5.41) is 4.44. The molecule has 0 aliphatic carbocycles. The Morgan fingerprint density at radius 1 is 1.14 bits per heavy atom. The summed E-state index contributed by atoms with van der Waals surface area (Å²) in [7, 11) is 1.77. The van der Waals surface area contributed by atoms with E-state index < -0.39 is 0 Å². The molecule has 3 aliphatic heterocycles. The second-order valence-electron chi connectivity index (χ2n) is 8.64. The molecule has 3 aliphatic rings. The molecule has 0 saturated carbocycles. The number of rotatable bonds is 2. The van der Waals surface area contributed by atoms with E-state index in [2.05, 4.69) is 5.10 Å². The highest BCUT2D eigenvalue weighted by Gasteiger charge is 2.44. The molecule has 5 rings (SSSR count). The summed E-state index contributed by atoms with van der Waals surface area (Å²) in [6.45, 7) is 3.02. The predicted octanol–water partition coefficient (Wildman–Crippen LogP) is 2.97. The molecule has 3 atom stereocenters. The van der Waals surface area contributed by atoms with Crippen LogP contribution in [0.2, 0.25) is 0 Å². The number of carbonyl (C=O) groups is 2. The van der Waals surface area contributed by atoms with Crippen LogP contribution in [0.25, 0.3) is 0 Å². The van der Waals surface area contributed by atoms with E-state index in [1.807, 2.05) is 17.0 Å². The molecule has 2 aromatic rings. The topological polar surface area (TPSA) is 58.4 Å². The summed E-state index contributed by atoms with van der Waals surface area (Å²) in [5.74, 6) is 0.0225. The van der Waals surface area contributed by atoms with Crippen molar-refractivity contribution in [1.29, 1.82) is 0 Å². The van der Waals surface area contributed by atoms with Gasteiger partial charge in [0.2, 0.25) is 0 Å². The van der Waals surface area contributed by atoms with E-state index in [9.17, 15) is 14.0 Å². The van der Waals surface area contributed by atoms with E-state index in [1.54, 1.807) is 35.7 Å². The monoisotopic (exact) mass is 396 g/mol. The molecule has 2 bridgehead atoms. The van der Waals surface area contributed by atoms with Crippen LogP contribution in [0.3, 0.4) is 0 Å². The van der Waals surface area contributed by atoms with Gasteiger partial charge in [-0.2, -0.15) is 5.10 Å². The van der Waals surface area contributed by atoms with Crippen molar-refractivity contribution in [2.75, 3.05) is 13.6 Å². The first-order valence-corrected chi connectivity index (χ1v) is 10.3. The third-order valence-corrected chi connectivity index (χ3v) is 6.83. The smallest absolute Gasteiger partial charge is 0.274 e. The number of amides is 2.